The highest BCUT2D eigenvalue weighted by Crippen LogP contribution is 2.70. The first-order valence-corrected chi connectivity index (χ1v) is 6.34. The van der Waals surface area contributed by atoms with Crippen molar-refractivity contribution in [3.05, 3.63) is 59.7 Å². The van der Waals surface area contributed by atoms with Crippen LogP contribution in [0.25, 0.3) is 11.1 Å². The Kier molecular flexibility index (Phi) is 1.99. The lowest BCUT2D eigenvalue weighted by molar-refractivity contribution is -0.149. The largest absolute Gasteiger partial charge is 0.393 e. The highest BCUT2D eigenvalue weighted by atomic mass is 19.4. The molecule has 4 rings (SSSR count). The fourth-order valence-electron chi connectivity index (χ4n) is 3.56. The van der Waals surface area contributed by atoms with Crippen LogP contribution in [0.2, 0.25) is 0 Å². The molecule has 2 atom stereocenters. The molecule has 1 saturated carbocycles. The van der Waals surface area contributed by atoms with Crippen molar-refractivity contribution in [3.63, 3.8) is 0 Å². The van der Waals surface area contributed by atoms with Crippen LogP contribution in [0.3, 0.4) is 0 Å². The standard InChI is InChI=1S/C16H11F3/c17-16(18,19)15-13-11-7-3-1-5-9(11)10-6-2-4-8-12(10)14(13)15/h1-8,13-15H. The van der Waals surface area contributed by atoms with Crippen molar-refractivity contribution in [2.45, 2.75) is 18.0 Å². The van der Waals surface area contributed by atoms with Crippen molar-refractivity contribution < 1.29 is 13.2 Å². The second kappa shape index (κ2) is 3.41. The summed E-state index contributed by atoms with van der Waals surface area (Å²) in [6, 6.07) is 15.0. The lowest BCUT2D eigenvalue weighted by Gasteiger charge is -2.18. The SMILES string of the molecule is FC(F)(F)C1C2c3ccccc3-c3ccccc3C21. The van der Waals surface area contributed by atoms with Gasteiger partial charge in [-0.1, -0.05) is 48.5 Å². The summed E-state index contributed by atoms with van der Waals surface area (Å²) in [5, 5.41) is 0. The van der Waals surface area contributed by atoms with Crippen molar-refractivity contribution in [1.29, 1.82) is 0 Å². The summed E-state index contributed by atoms with van der Waals surface area (Å²) in [6.07, 6.45) is -4.11. The third kappa shape index (κ3) is 1.41. The number of halogens is 3. The smallest absolute Gasteiger partial charge is 0.171 e. The van der Waals surface area contributed by atoms with Gasteiger partial charge in [0.15, 0.2) is 0 Å². The minimum atomic E-state index is -4.11. The van der Waals surface area contributed by atoms with Gasteiger partial charge in [-0.25, -0.2) is 0 Å². The third-order valence-corrected chi connectivity index (χ3v) is 4.33. The molecule has 2 aliphatic carbocycles. The van der Waals surface area contributed by atoms with Crippen LogP contribution in [-0.4, -0.2) is 6.18 Å². The molecule has 0 heterocycles. The second-order valence-electron chi connectivity index (χ2n) is 5.29. The molecule has 2 aliphatic rings. The van der Waals surface area contributed by atoms with Gasteiger partial charge in [0.25, 0.3) is 0 Å². The monoisotopic (exact) mass is 260 g/mol. The number of hydrogen-bond donors (Lipinski definition) is 0. The van der Waals surface area contributed by atoms with Crippen LogP contribution < -0.4 is 0 Å². The molecule has 2 unspecified atom stereocenters. The Morgan fingerprint density at radius 2 is 1.11 bits per heavy atom. The van der Waals surface area contributed by atoms with E-state index in [0.29, 0.717) is 0 Å². The summed E-state index contributed by atoms with van der Waals surface area (Å²) in [5.41, 5.74) is 3.64. The maximum absolute atomic E-state index is 13.1. The van der Waals surface area contributed by atoms with Crippen molar-refractivity contribution >= 4 is 0 Å². The summed E-state index contributed by atoms with van der Waals surface area (Å²) in [5.74, 6) is -1.98. The first kappa shape index (κ1) is 11.1. The third-order valence-electron chi connectivity index (χ3n) is 4.33. The Morgan fingerprint density at radius 1 is 0.684 bits per heavy atom. The summed E-state index contributed by atoms with van der Waals surface area (Å²) in [4.78, 5) is 0. The van der Waals surface area contributed by atoms with E-state index in [9.17, 15) is 13.2 Å². The summed E-state index contributed by atoms with van der Waals surface area (Å²) in [7, 11) is 0. The molecular weight excluding hydrogens is 249 g/mol. The minimum Gasteiger partial charge on any atom is -0.171 e. The van der Waals surface area contributed by atoms with Crippen LogP contribution in [0.15, 0.2) is 48.5 Å². The zero-order valence-corrected chi connectivity index (χ0v) is 9.98. The van der Waals surface area contributed by atoms with Gasteiger partial charge in [0.2, 0.25) is 0 Å². The second-order valence-corrected chi connectivity index (χ2v) is 5.29. The number of benzene rings is 2. The Morgan fingerprint density at radius 3 is 1.53 bits per heavy atom. The van der Waals surface area contributed by atoms with Crippen LogP contribution in [0.5, 0.6) is 0 Å². The molecule has 2 aromatic rings. The van der Waals surface area contributed by atoms with Gasteiger partial charge in [0.1, 0.15) is 0 Å². The maximum Gasteiger partial charge on any atom is 0.393 e. The number of alkyl halides is 3. The average Bonchev–Trinajstić information content (AvgIpc) is 3.15. The number of fused-ring (bicyclic) bond motifs is 6. The molecule has 0 nitrogen and oxygen atoms in total. The van der Waals surface area contributed by atoms with E-state index in [1.54, 1.807) is 0 Å². The Labute approximate surface area is 108 Å². The molecule has 0 aromatic heterocycles. The van der Waals surface area contributed by atoms with Gasteiger partial charge in [-0.15, -0.1) is 0 Å². The van der Waals surface area contributed by atoms with E-state index in [2.05, 4.69) is 0 Å². The molecule has 0 spiro atoms. The molecule has 0 amide bonds. The predicted octanol–water partition coefficient (Wildman–Crippen LogP) is 4.73. The van der Waals surface area contributed by atoms with Crippen LogP contribution >= 0.6 is 0 Å². The predicted molar refractivity (Wildman–Crippen MR) is 66.9 cm³/mol. The first-order chi connectivity index (χ1) is 9.09. The number of hydrogen-bond acceptors (Lipinski definition) is 0. The van der Waals surface area contributed by atoms with Gasteiger partial charge in [-0.05, 0) is 22.3 Å². The average molecular weight is 260 g/mol. The highest BCUT2D eigenvalue weighted by Gasteiger charge is 2.67. The summed E-state index contributed by atoms with van der Waals surface area (Å²) < 4.78 is 39.4. The molecule has 0 saturated heterocycles. The van der Waals surface area contributed by atoms with Crippen molar-refractivity contribution in [1.82, 2.24) is 0 Å². The zero-order chi connectivity index (χ0) is 13.2. The lowest BCUT2D eigenvalue weighted by Crippen LogP contribution is -2.12. The molecule has 0 N–H and O–H groups in total. The molecule has 0 aliphatic heterocycles. The van der Waals surface area contributed by atoms with Crippen molar-refractivity contribution in [3.8, 4) is 11.1 Å². The fraction of sp³-hybridized carbons (Fsp3) is 0.250. The van der Waals surface area contributed by atoms with E-state index < -0.39 is 12.1 Å². The van der Waals surface area contributed by atoms with Gasteiger partial charge in [-0.3, -0.25) is 0 Å². The van der Waals surface area contributed by atoms with E-state index in [1.807, 2.05) is 48.5 Å². The lowest BCUT2D eigenvalue weighted by atomic mass is 9.86. The first-order valence-electron chi connectivity index (χ1n) is 6.34. The van der Waals surface area contributed by atoms with Gasteiger partial charge < -0.3 is 0 Å². The van der Waals surface area contributed by atoms with E-state index in [0.717, 1.165) is 22.3 Å². The van der Waals surface area contributed by atoms with Crippen LogP contribution in [0.4, 0.5) is 13.2 Å². The fourth-order valence-corrected chi connectivity index (χ4v) is 3.56. The Balaban J connectivity index is 1.96. The summed E-state index contributed by atoms with van der Waals surface area (Å²) >= 11 is 0. The molecular formula is C16H11F3. The molecule has 96 valence electrons. The molecule has 19 heavy (non-hydrogen) atoms. The highest BCUT2D eigenvalue weighted by molar-refractivity contribution is 5.77. The van der Waals surface area contributed by atoms with Crippen LogP contribution in [-0.2, 0) is 0 Å². The van der Waals surface area contributed by atoms with Gasteiger partial charge in [0, 0.05) is 11.8 Å². The number of rotatable bonds is 0. The quantitative estimate of drug-likeness (QED) is 0.642. The molecule has 0 radical (unpaired) electrons. The van der Waals surface area contributed by atoms with Crippen LogP contribution in [0, 0.1) is 5.92 Å². The molecule has 1 fully saturated rings. The van der Waals surface area contributed by atoms with Crippen LogP contribution in [0.1, 0.15) is 23.0 Å². The van der Waals surface area contributed by atoms with Gasteiger partial charge in [-0.2, -0.15) is 13.2 Å². The van der Waals surface area contributed by atoms with E-state index in [1.165, 1.54) is 0 Å². The Hall–Kier alpha value is -1.77. The molecule has 0 bridgehead atoms. The van der Waals surface area contributed by atoms with E-state index in [-0.39, 0.29) is 11.8 Å². The van der Waals surface area contributed by atoms with Crippen molar-refractivity contribution in [2.75, 3.05) is 0 Å². The van der Waals surface area contributed by atoms with Gasteiger partial charge >= 0.3 is 6.18 Å². The molecule has 2 aromatic carbocycles. The van der Waals surface area contributed by atoms with Gasteiger partial charge in [0.05, 0.1) is 5.92 Å². The minimum absolute atomic E-state index is 0.383. The molecule has 3 heteroatoms. The van der Waals surface area contributed by atoms with Crippen molar-refractivity contribution in [2.24, 2.45) is 5.92 Å². The topological polar surface area (TPSA) is 0 Å². The van der Waals surface area contributed by atoms with E-state index >= 15 is 0 Å². The summed E-state index contributed by atoms with van der Waals surface area (Å²) in [6.45, 7) is 0. The maximum atomic E-state index is 13.1. The Bertz CT molecular complexity index is 606. The normalized spacial score (nSPS) is 27.2. The van der Waals surface area contributed by atoms with E-state index in [4.69, 9.17) is 0 Å². The zero-order valence-electron chi connectivity index (χ0n) is 9.98.